The lowest BCUT2D eigenvalue weighted by Crippen LogP contribution is -2.28. The van der Waals surface area contributed by atoms with Gasteiger partial charge >= 0.3 is 5.97 Å². The van der Waals surface area contributed by atoms with Gasteiger partial charge in [0.25, 0.3) is 11.6 Å². The molecule has 0 saturated heterocycles. The summed E-state index contributed by atoms with van der Waals surface area (Å²) < 4.78 is 15.4. The highest BCUT2D eigenvalue weighted by atomic mass is 16.7. The zero-order valence-electron chi connectivity index (χ0n) is 14.4. The summed E-state index contributed by atoms with van der Waals surface area (Å²) in [6, 6.07) is 9.38. The van der Waals surface area contributed by atoms with Crippen LogP contribution in [-0.2, 0) is 16.1 Å². The van der Waals surface area contributed by atoms with Gasteiger partial charge in [0.1, 0.15) is 0 Å². The molecule has 9 nitrogen and oxygen atoms in total. The van der Waals surface area contributed by atoms with E-state index < -0.39 is 23.4 Å². The van der Waals surface area contributed by atoms with Crippen molar-refractivity contribution < 1.29 is 28.7 Å². The first-order valence-electron chi connectivity index (χ1n) is 8.02. The molecule has 1 heterocycles. The highest BCUT2D eigenvalue weighted by molar-refractivity contribution is 5.93. The molecule has 3 rings (SSSR count). The summed E-state index contributed by atoms with van der Waals surface area (Å²) in [5.41, 5.74) is 0.853. The average Bonchev–Trinajstić information content (AvgIpc) is 3.12. The number of nitro benzene ring substituents is 1. The lowest BCUT2D eigenvalue weighted by atomic mass is 10.1. The van der Waals surface area contributed by atoms with E-state index in [9.17, 15) is 19.7 Å². The van der Waals surface area contributed by atoms with Gasteiger partial charge in [-0.05, 0) is 30.7 Å². The Morgan fingerprint density at radius 3 is 2.78 bits per heavy atom. The fraction of sp³-hybridized carbons (Fsp3) is 0.222. The fourth-order valence-electron chi connectivity index (χ4n) is 2.55. The van der Waals surface area contributed by atoms with E-state index in [1.807, 2.05) is 0 Å². The molecule has 27 heavy (non-hydrogen) atoms. The number of rotatable bonds is 6. The number of hydrogen-bond acceptors (Lipinski definition) is 7. The molecule has 2 aromatic carbocycles. The van der Waals surface area contributed by atoms with Gasteiger partial charge < -0.3 is 19.5 Å². The number of ether oxygens (including phenoxy) is 3. The standard InChI is InChI=1S/C18H16N2O7/c1-11-13(3-2-4-14(11)20(23)24)18(22)25-9-17(21)19-8-12-5-6-15-16(7-12)27-10-26-15/h2-7H,8-10H2,1H3,(H,19,21). The molecular formula is C18H16N2O7. The van der Waals surface area contributed by atoms with Gasteiger partial charge in [-0.2, -0.15) is 0 Å². The second-order valence-electron chi connectivity index (χ2n) is 5.75. The predicted octanol–water partition coefficient (Wildman–Crippen LogP) is 2.11. The van der Waals surface area contributed by atoms with Crippen LogP contribution >= 0.6 is 0 Å². The van der Waals surface area contributed by atoms with Crippen LogP contribution in [0.5, 0.6) is 11.5 Å². The van der Waals surface area contributed by atoms with Crippen LogP contribution in [0, 0.1) is 17.0 Å². The van der Waals surface area contributed by atoms with Crippen molar-refractivity contribution in [3.63, 3.8) is 0 Å². The van der Waals surface area contributed by atoms with E-state index in [2.05, 4.69) is 5.32 Å². The Hall–Kier alpha value is -3.62. The highest BCUT2D eigenvalue weighted by Gasteiger charge is 2.20. The van der Waals surface area contributed by atoms with Gasteiger partial charge in [-0.1, -0.05) is 12.1 Å². The summed E-state index contributed by atoms with van der Waals surface area (Å²) in [6.45, 7) is 1.35. The van der Waals surface area contributed by atoms with Gasteiger partial charge in [-0.15, -0.1) is 0 Å². The SMILES string of the molecule is Cc1c(C(=O)OCC(=O)NCc2ccc3c(c2)OCO3)cccc1[N+](=O)[O-]. The summed E-state index contributed by atoms with van der Waals surface area (Å²) in [7, 11) is 0. The van der Waals surface area contributed by atoms with Crippen LogP contribution in [-0.4, -0.2) is 30.2 Å². The Kier molecular flexibility index (Phi) is 5.20. The second-order valence-corrected chi connectivity index (χ2v) is 5.75. The van der Waals surface area contributed by atoms with Crippen LogP contribution in [0.1, 0.15) is 21.5 Å². The van der Waals surface area contributed by atoms with Crippen molar-refractivity contribution >= 4 is 17.6 Å². The quantitative estimate of drug-likeness (QED) is 0.469. The zero-order valence-corrected chi connectivity index (χ0v) is 14.4. The fourth-order valence-corrected chi connectivity index (χ4v) is 2.55. The number of fused-ring (bicyclic) bond motifs is 1. The van der Waals surface area contributed by atoms with E-state index in [1.54, 1.807) is 18.2 Å². The molecule has 0 unspecified atom stereocenters. The molecule has 2 aromatic rings. The molecule has 140 valence electrons. The minimum absolute atomic E-state index is 0.0489. The predicted molar refractivity (Wildman–Crippen MR) is 92.5 cm³/mol. The van der Waals surface area contributed by atoms with Gasteiger partial charge in [0, 0.05) is 18.2 Å². The third kappa shape index (κ3) is 4.14. The van der Waals surface area contributed by atoms with Gasteiger partial charge in [-0.3, -0.25) is 14.9 Å². The van der Waals surface area contributed by atoms with Crippen LogP contribution in [0.15, 0.2) is 36.4 Å². The Bertz CT molecular complexity index is 911. The molecule has 0 fully saturated rings. The van der Waals surface area contributed by atoms with Crippen molar-refractivity contribution in [3.8, 4) is 11.5 Å². The van der Waals surface area contributed by atoms with Gasteiger partial charge in [0.15, 0.2) is 18.1 Å². The normalized spacial score (nSPS) is 11.7. The average molecular weight is 372 g/mol. The molecular weight excluding hydrogens is 356 g/mol. The van der Waals surface area contributed by atoms with Crippen molar-refractivity contribution in [2.75, 3.05) is 13.4 Å². The van der Waals surface area contributed by atoms with E-state index >= 15 is 0 Å². The molecule has 9 heteroatoms. The second kappa shape index (κ2) is 7.73. The number of hydrogen-bond donors (Lipinski definition) is 1. The maximum absolute atomic E-state index is 12.1. The Labute approximate surface area is 154 Å². The molecule has 0 bridgehead atoms. The van der Waals surface area contributed by atoms with Crippen molar-refractivity contribution in [2.24, 2.45) is 0 Å². The molecule has 0 spiro atoms. The highest BCUT2D eigenvalue weighted by Crippen LogP contribution is 2.32. The van der Waals surface area contributed by atoms with Crippen LogP contribution in [0.4, 0.5) is 5.69 Å². The van der Waals surface area contributed by atoms with E-state index in [4.69, 9.17) is 14.2 Å². The molecule has 0 atom stereocenters. The van der Waals surface area contributed by atoms with E-state index in [-0.39, 0.29) is 30.2 Å². The molecule has 0 saturated carbocycles. The van der Waals surface area contributed by atoms with Crippen molar-refractivity contribution in [3.05, 3.63) is 63.2 Å². The van der Waals surface area contributed by atoms with Crippen molar-refractivity contribution in [1.29, 1.82) is 0 Å². The maximum atomic E-state index is 12.1. The Balaban J connectivity index is 1.52. The lowest BCUT2D eigenvalue weighted by Gasteiger charge is -2.09. The zero-order chi connectivity index (χ0) is 19.4. The summed E-state index contributed by atoms with van der Waals surface area (Å²) >= 11 is 0. The first-order valence-corrected chi connectivity index (χ1v) is 8.02. The Morgan fingerprint density at radius 1 is 1.22 bits per heavy atom. The minimum Gasteiger partial charge on any atom is -0.454 e. The van der Waals surface area contributed by atoms with Gasteiger partial charge in [-0.25, -0.2) is 4.79 Å². The summed E-state index contributed by atoms with van der Waals surface area (Å²) in [5, 5.41) is 13.5. The molecule has 0 radical (unpaired) electrons. The van der Waals surface area contributed by atoms with Crippen LogP contribution in [0.2, 0.25) is 0 Å². The lowest BCUT2D eigenvalue weighted by molar-refractivity contribution is -0.385. The molecule has 0 aliphatic carbocycles. The van der Waals surface area contributed by atoms with E-state index in [0.29, 0.717) is 11.5 Å². The summed E-state index contributed by atoms with van der Waals surface area (Å²) in [5.74, 6) is -0.0424. The van der Waals surface area contributed by atoms with E-state index in [0.717, 1.165) is 5.56 Å². The number of nitro groups is 1. The molecule has 1 aliphatic rings. The van der Waals surface area contributed by atoms with Crippen LogP contribution < -0.4 is 14.8 Å². The number of nitrogens with one attached hydrogen (secondary N) is 1. The monoisotopic (exact) mass is 372 g/mol. The topological polar surface area (TPSA) is 117 Å². The molecule has 1 amide bonds. The first-order chi connectivity index (χ1) is 13.0. The van der Waals surface area contributed by atoms with Crippen molar-refractivity contribution in [1.82, 2.24) is 5.32 Å². The number of nitrogens with zero attached hydrogens (tertiary/aromatic N) is 1. The number of benzene rings is 2. The van der Waals surface area contributed by atoms with Crippen LogP contribution in [0.3, 0.4) is 0 Å². The van der Waals surface area contributed by atoms with Crippen LogP contribution in [0.25, 0.3) is 0 Å². The number of amides is 1. The summed E-state index contributed by atoms with van der Waals surface area (Å²) in [6.07, 6.45) is 0. The molecule has 1 aliphatic heterocycles. The summed E-state index contributed by atoms with van der Waals surface area (Å²) in [4.78, 5) is 34.3. The number of carbonyl (C=O) groups is 2. The minimum atomic E-state index is -0.797. The number of carbonyl (C=O) groups excluding carboxylic acids is 2. The largest absolute Gasteiger partial charge is 0.454 e. The van der Waals surface area contributed by atoms with E-state index in [1.165, 1.54) is 25.1 Å². The van der Waals surface area contributed by atoms with Crippen molar-refractivity contribution in [2.45, 2.75) is 13.5 Å². The third-order valence-corrected chi connectivity index (χ3v) is 3.98. The Morgan fingerprint density at radius 2 is 2.00 bits per heavy atom. The molecule has 0 aromatic heterocycles. The van der Waals surface area contributed by atoms with Gasteiger partial charge in [0.2, 0.25) is 6.79 Å². The third-order valence-electron chi connectivity index (χ3n) is 3.98. The maximum Gasteiger partial charge on any atom is 0.339 e. The first kappa shape index (κ1) is 18.2. The smallest absolute Gasteiger partial charge is 0.339 e. The molecule has 1 N–H and O–H groups in total. The number of esters is 1. The van der Waals surface area contributed by atoms with Gasteiger partial charge in [0.05, 0.1) is 10.5 Å².